The van der Waals surface area contributed by atoms with Gasteiger partial charge in [-0.15, -0.1) is 0 Å². The number of thiocarbonyl (C=S) groups is 1. The molecule has 6 heteroatoms. The van der Waals surface area contributed by atoms with Gasteiger partial charge in [-0.05, 0) is 18.2 Å². The highest BCUT2D eigenvalue weighted by Crippen LogP contribution is 2.42. The third-order valence-electron chi connectivity index (χ3n) is 3.58. The molecule has 0 radical (unpaired) electrons. The molecule has 0 atom stereocenters. The van der Waals surface area contributed by atoms with Crippen LogP contribution >= 0.6 is 24.0 Å². The molecule has 1 fully saturated rings. The summed E-state index contributed by atoms with van der Waals surface area (Å²) < 4.78 is 5.75. The van der Waals surface area contributed by atoms with Crippen LogP contribution in [0.1, 0.15) is 15.9 Å². The molecular formula is C17H9NO3S2. The molecule has 4 rings (SSSR count). The number of fused-ring (bicyclic) bond motifs is 1. The van der Waals surface area contributed by atoms with Crippen molar-refractivity contribution in [2.24, 2.45) is 0 Å². The van der Waals surface area contributed by atoms with E-state index in [4.69, 9.17) is 17.0 Å². The number of nitrogens with zero attached hydrogens (tertiary/aromatic N) is 1. The molecule has 0 N–H and O–H groups in total. The number of amides is 1. The molecule has 23 heavy (non-hydrogen) atoms. The summed E-state index contributed by atoms with van der Waals surface area (Å²) in [6, 6.07) is 16.2. The second-order valence-corrected chi connectivity index (χ2v) is 6.58. The smallest absolute Gasteiger partial charge is 0.344 e. The zero-order chi connectivity index (χ0) is 16.0. The summed E-state index contributed by atoms with van der Waals surface area (Å²) in [7, 11) is 0. The van der Waals surface area contributed by atoms with Crippen LogP contribution in [0.25, 0.3) is 5.76 Å². The molecule has 0 saturated carbocycles. The number of para-hydroxylation sites is 1. The van der Waals surface area contributed by atoms with E-state index in [0.29, 0.717) is 31.8 Å². The quantitative estimate of drug-likeness (QED) is 0.451. The highest BCUT2D eigenvalue weighted by molar-refractivity contribution is 8.27. The van der Waals surface area contributed by atoms with E-state index in [1.807, 2.05) is 30.3 Å². The molecule has 2 aromatic carbocycles. The molecule has 2 aliphatic heterocycles. The molecule has 0 bridgehead atoms. The Morgan fingerprint density at radius 1 is 0.913 bits per heavy atom. The van der Waals surface area contributed by atoms with E-state index in [2.05, 4.69) is 0 Å². The summed E-state index contributed by atoms with van der Waals surface area (Å²) in [6.45, 7) is 0. The van der Waals surface area contributed by atoms with Crippen molar-refractivity contribution in [2.45, 2.75) is 0 Å². The molecular weight excluding hydrogens is 330 g/mol. The Morgan fingerprint density at radius 2 is 1.57 bits per heavy atom. The van der Waals surface area contributed by atoms with Crippen LogP contribution in [-0.4, -0.2) is 16.2 Å². The number of anilines is 1. The summed E-state index contributed by atoms with van der Waals surface area (Å²) in [6.07, 6.45) is 0. The van der Waals surface area contributed by atoms with Gasteiger partial charge in [-0.3, -0.25) is 9.69 Å². The lowest BCUT2D eigenvalue weighted by Gasteiger charge is -2.13. The van der Waals surface area contributed by atoms with Crippen LogP contribution < -0.4 is 4.90 Å². The minimum absolute atomic E-state index is 0.272. The Bertz CT molecular complexity index is 890. The second kappa shape index (κ2) is 5.33. The van der Waals surface area contributed by atoms with Crippen LogP contribution in [0.5, 0.6) is 0 Å². The first-order chi connectivity index (χ1) is 11.2. The zero-order valence-corrected chi connectivity index (χ0v) is 13.3. The third kappa shape index (κ3) is 2.18. The molecule has 1 amide bonds. The van der Waals surface area contributed by atoms with Crippen molar-refractivity contribution in [1.29, 1.82) is 0 Å². The van der Waals surface area contributed by atoms with Gasteiger partial charge in [0.15, 0.2) is 10.1 Å². The number of benzene rings is 2. The second-order valence-electron chi connectivity index (χ2n) is 4.94. The fraction of sp³-hybridized carbons (Fsp3) is 0. The van der Waals surface area contributed by atoms with Crippen molar-refractivity contribution in [3.63, 3.8) is 0 Å². The van der Waals surface area contributed by atoms with E-state index < -0.39 is 5.97 Å². The van der Waals surface area contributed by atoms with Gasteiger partial charge < -0.3 is 4.74 Å². The zero-order valence-electron chi connectivity index (χ0n) is 11.7. The van der Waals surface area contributed by atoms with Crippen LogP contribution in [-0.2, 0) is 9.53 Å². The molecule has 2 aromatic rings. The highest BCUT2D eigenvalue weighted by Gasteiger charge is 2.40. The summed E-state index contributed by atoms with van der Waals surface area (Å²) in [5, 5.41) is 0. The Hall–Kier alpha value is -2.44. The van der Waals surface area contributed by atoms with Crippen LogP contribution in [0.2, 0.25) is 0 Å². The van der Waals surface area contributed by atoms with E-state index in [1.165, 1.54) is 4.90 Å². The molecule has 0 aliphatic carbocycles. The van der Waals surface area contributed by atoms with Gasteiger partial charge in [-0.2, -0.15) is 0 Å². The Balaban J connectivity index is 1.82. The molecule has 4 nitrogen and oxygen atoms in total. The minimum Gasteiger partial charge on any atom is -0.421 e. The van der Waals surface area contributed by atoms with E-state index in [0.717, 1.165) is 11.8 Å². The van der Waals surface area contributed by atoms with E-state index in [9.17, 15) is 9.59 Å². The van der Waals surface area contributed by atoms with Crippen molar-refractivity contribution < 1.29 is 14.3 Å². The molecule has 0 unspecified atom stereocenters. The molecule has 112 valence electrons. The maximum atomic E-state index is 12.8. The fourth-order valence-electron chi connectivity index (χ4n) is 2.53. The number of cyclic esters (lactones) is 1. The van der Waals surface area contributed by atoms with Gasteiger partial charge in [0.2, 0.25) is 0 Å². The number of carbonyl (C=O) groups excluding carboxylic acids is 2. The number of hydrogen-bond acceptors (Lipinski definition) is 5. The van der Waals surface area contributed by atoms with Crippen molar-refractivity contribution >= 4 is 51.6 Å². The summed E-state index contributed by atoms with van der Waals surface area (Å²) in [5.74, 6) is -0.423. The van der Waals surface area contributed by atoms with Crippen molar-refractivity contribution in [2.75, 3.05) is 4.90 Å². The number of carbonyl (C=O) groups is 2. The average Bonchev–Trinajstić information content (AvgIpc) is 3.06. The molecule has 2 aliphatic rings. The predicted molar refractivity (Wildman–Crippen MR) is 92.9 cm³/mol. The van der Waals surface area contributed by atoms with Gasteiger partial charge in [0, 0.05) is 5.56 Å². The number of ether oxygens (including phenoxy) is 1. The van der Waals surface area contributed by atoms with E-state index in [1.54, 1.807) is 24.3 Å². The normalized spacial score (nSPS) is 20.0. The monoisotopic (exact) mass is 339 g/mol. The van der Waals surface area contributed by atoms with Crippen molar-refractivity contribution in [1.82, 2.24) is 0 Å². The van der Waals surface area contributed by atoms with Gasteiger partial charge in [0.1, 0.15) is 4.91 Å². The average molecular weight is 339 g/mol. The van der Waals surface area contributed by atoms with Crippen molar-refractivity contribution in [3.05, 3.63) is 70.6 Å². The lowest BCUT2D eigenvalue weighted by Crippen LogP contribution is -2.27. The number of esters is 1. The maximum Gasteiger partial charge on any atom is 0.344 e. The van der Waals surface area contributed by atoms with Crippen LogP contribution in [0.3, 0.4) is 0 Å². The predicted octanol–water partition coefficient (Wildman–Crippen LogP) is 3.59. The summed E-state index contributed by atoms with van der Waals surface area (Å²) in [4.78, 5) is 26.5. The Kier molecular flexibility index (Phi) is 3.28. The third-order valence-corrected chi connectivity index (χ3v) is 4.93. The standard InChI is InChI=1S/C17H9NO3S2/c19-15-14(13-11-8-4-5-9-12(11)16(20)21-13)23-17(22)18(15)10-6-2-1-3-7-10/h1-9H/b14-13+. The Labute approximate surface area is 141 Å². The molecule has 0 aromatic heterocycles. The fourth-order valence-corrected chi connectivity index (χ4v) is 3.85. The lowest BCUT2D eigenvalue weighted by atomic mass is 10.1. The summed E-state index contributed by atoms with van der Waals surface area (Å²) in [5.41, 5.74) is 1.79. The van der Waals surface area contributed by atoms with Gasteiger partial charge in [-0.1, -0.05) is 60.4 Å². The summed E-state index contributed by atoms with van der Waals surface area (Å²) >= 11 is 6.48. The van der Waals surface area contributed by atoms with E-state index in [-0.39, 0.29) is 5.91 Å². The number of hydrogen-bond donors (Lipinski definition) is 0. The lowest BCUT2D eigenvalue weighted by molar-refractivity contribution is -0.113. The molecule has 2 heterocycles. The molecule has 0 spiro atoms. The van der Waals surface area contributed by atoms with Gasteiger partial charge in [-0.25, -0.2) is 4.79 Å². The SMILES string of the molecule is O=C1O/C(=C2/SC(=S)N(c3ccccc3)C2=O)c2ccccc21. The number of rotatable bonds is 1. The Morgan fingerprint density at radius 3 is 2.30 bits per heavy atom. The van der Waals surface area contributed by atoms with Crippen LogP contribution in [0, 0.1) is 0 Å². The van der Waals surface area contributed by atoms with Gasteiger partial charge >= 0.3 is 5.97 Å². The number of thioether (sulfide) groups is 1. The van der Waals surface area contributed by atoms with Crippen LogP contribution in [0.15, 0.2) is 59.5 Å². The largest absolute Gasteiger partial charge is 0.421 e. The maximum absolute atomic E-state index is 12.8. The van der Waals surface area contributed by atoms with Crippen LogP contribution in [0.4, 0.5) is 5.69 Å². The highest BCUT2D eigenvalue weighted by atomic mass is 32.2. The van der Waals surface area contributed by atoms with Crippen molar-refractivity contribution in [3.8, 4) is 0 Å². The first-order valence-electron chi connectivity index (χ1n) is 6.84. The van der Waals surface area contributed by atoms with Gasteiger partial charge in [0.25, 0.3) is 5.91 Å². The topological polar surface area (TPSA) is 46.6 Å². The van der Waals surface area contributed by atoms with Gasteiger partial charge in [0.05, 0.1) is 11.3 Å². The first-order valence-corrected chi connectivity index (χ1v) is 8.06. The molecule has 1 saturated heterocycles. The first kappa shape index (κ1) is 14.2. The van der Waals surface area contributed by atoms with E-state index >= 15 is 0 Å². The minimum atomic E-state index is -0.444.